The van der Waals surface area contributed by atoms with E-state index in [1.165, 1.54) is 6.07 Å². The molecule has 0 aliphatic carbocycles. The Morgan fingerprint density at radius 2 is 1.65 bits per heavy atom. The van der Waals surface area contributed by atoms with Crippen LogP contribution in [0.25, 0.3) is 0 Å². The first kappa shape index (κ1) is 14.5. The number of anilines is 2. The van der Waals surface area contributed by atoms with Crippen molar-refractivity contribution < 1.29 is 8.42 Å². The van der Waals surface area contributed by atoms with E-state index in [2.05, 4.69) is 5.32 Å². The van der Waals surface area contributed by atoms with Gasteiger partial charge in [-0.15, -0.1) is 0 Å². The second kappa shape index (κ2) is 6.04. The largest absolute Gasteiger partial charge is 0.354 e. The molecule has 2 aromatic carbocycles. The van der Waals surface area contributed by atoms with E-state index in [9.17, 15) is 8.42 Å². The second-order valence-corrected chi connectivity index (χ2v) is 5.93. The SMILES string of the molecule is NCCc1ccc(Nc2ccccc2S(N)(=O)=O)cc1. The van der Waals surface area contributed by atoms with Crippen LogP contribution < -0.4 is 16.2 Å². The number of hydrogen-bond acceptors (Lipinski definition) is 4. The van der Waals surface area contributed by atoms with E-state index < -0.39 is 10.0 Å². The molecule has 0 atom stereocenters. The molecule has 0 fully saturated rings. The van der Waals surface area contributed by atoms with E-state index in [-0.39, 0.29) is 4.90 Å². The molecule has 0 aliphatic rings. The first-order valence-corrected chi connectivity index (χ1v) is 7.73. The summed E-state index contributed by atoms with van der Waals surface area (Å²) >= 11 is 0. The average Bonchev–Trinajstić information content (AvgIpc) is 2.41. The smallest absolute Gasteiger partial charge is 0.240 e. The van der Waals surface area contributed by atoms with Gasteiger partial charge in [0.2, 0.25) is 10.0 Å². The number of hydrogen-bond donors (Lipinski definition) is 3. The minimum absolute atomic E-state index is 0.0750. The molecule has 0 amide bonds. The normalized spacial score (nSPS) is 11.3. The predicted octanol–water partition coefficient (Wildman–Crippen LogP) is 1.58. The molecule has 0 aliphatic heterocycles. The lowest BCUT2D eigenvalue weighted by molar-refractivity contribution is 0.598. The molecule has 20 heavy (non-hydrogen) atoms. The molecule has 0 spiro atoms. The Hall–Kier alpha value is -1.89. The van der Waals surface area contributed by atoms with Gasteiger partial charge >= 0.3 is 0 Å². The van der Waals surface area contributed by atoms with Gasteiger partial charge in [0.25, 0.3) is 0 Å². The van der Waals surface area contributed by atoms with Crippen molar-refractivity contribution in [1.82, 2.24) is 0 Å². The Morgan fingerprint density at radius 3 is 2.25 bits per heavy atom. The highest BCUT2D eigenvalue weighted by Gasteiger charge is 2.12. The van der Waals surface area contributed by atoms with E-state index in [0.29, 0.717) is 12.2 Å². The standard InChI is InChI=1S/C14H17N3O2S/c15-10-9-11-5-7-12(8-6-11)17-13-3-1-2-4-14(13)20(16,18)19/h1-8,17H,9-10,15H2,(H2,16,18,19). The summed E-state index contributed by atoms with van der Waals surface area (Å²) in [6.07, 6.45) is 0.814. The van der Waals surface area contributed by atoms with E-state index in [1.54, 1.807) is 18.2 Å². The number of nitrogens with one attached hydrogen (secondary N) is 1. The van der Waals surface area contributed by atoms with Crippen molar-refractivity contribution in [2.45, 2.75) is 11.3 Å². The van der Waals surface area contributed by atoms with Gasteiger partial charge in [0.15, 0.2) is 0 Å². The van der Waals surface area contributed by atoms with E-state index in [1.807, 2.05) is 24.3 Å². The second-order valence-electron chi connectivity index (χ2n) is 4.40. The average molecular weight is 291 g/mol. The van der Waals surface area contributed by atoms with Crippen molar-refractivity contribution in [3.8, 4) is 0 Å². The molecule has 0 saturated carbocycles. The molecule has 0 heterocycles. The van der Waals surface area contributed by atoms with E-state index >= 15 is 0 Å². The molecule has 2 rings (SSSR count). The van der Waals surface area contributed by atoms with Gasteiger partial charge in [0, 0.05) is 5.69 Å². The summed E-state index contributed by atoms with van der Waals surface area (Å²) in [6.45, 7) is 0.598. The number of benzene rings is 2. The Labute approximate surface area is 118 Å². The summed E-state index contributed by atoms with van der Waals surface area (Å²) in [5.41, 5.74) is 7.88. The van der Waals surface area contributed by atoms with Crippen LogP contribution in [-0.4, -0.2) is 15.0 Å². The highest BCUT2D eigenvalue weighted by Crippen LogP contribution is 2.23. The quantitative estimate of drug-likeness (QED) is 0.779. The Kier molecular flexibility index (Phi) is 4.39. The number of nitrogens with two attached hydrogens (primary N) is 2. The number of primary sulfonamides is 1. The van der Waals surface area contributed by atoms with Gasteiger partial charge in [0.05, 0.1) is 5.69 Å². The van der Waals surface area contributed by atoms with Gasteiger partial charge in [-0.25, -0.2) is 13.6 Å². The monoisotopic (exact) mass is 291 g/mol. The lowest BCUT2D eigenvalue weighted by Gasteiger charge is -2.11. The van der Waals surface area contributed by atoms with Crippen molar-refractivity contribution in [3.63, 3.8) is 0 Å². The Balaban J connectivity index is 2.26. The summed E-state index contributed by atoms with van der Waals surface area (Å²) in [6, 6.07) is 14.2. The highest BCUT2D eigenvalue weighted by atomic mass is 32.2. The lowest BCUT2D eigenvalue weighted by atomic mass is 10.1. The molecule has 0 saturated heterocycles. The van der Waals surface area contributed by atoms with E-state index in [4.69, 9.17) is 10.9 Å². The molecular formula is C14H17N3O2S. The summed E-state index contributed by atoms with van der Waals surface area (Å²) in [5, 5.41) is 8.25. The Bertz CT molecular complexity index is 682. The fourth-order valence-electron chi connectivity index (χ4n) is 1.89. The molecule has 0 aromatic heterocycles. The van der Waals surface area contributed by atoms with Crippen LogP contribution in [0.5, 0.6) is 0 Å². The minimum Gasteiger partial charge on any atom is -0.354 e. The van der Waals surface area contributed by atoms with E-state index in [0.717, 1.165) is 17.7 Å². The molecule has 5 N–H and O–H groups in total. The van der Waals surface area contributed by atoms with Gasteiger partial charge in [-0.2, -0.15) is 0 Å². The molecule has 6 heteroatoms. The van der Waals surface area contributed by atoms with Crippen LogP contribution in [-0.2, 0) is 16.4 Å². The number of sulfonamides is 1. The lowest BCUT2D eigenvalue weighted by Crippen LogP contribution is -2.14. The zero-order chi connectivity index (χ0) is 14.6. The van der Waals surface area contributed by atoms with Gasteiger partial charge in [0.1, 0.15) is 4.90 Å². The summed E-state index contributed by atoms with van der Waals surface area (Å²) in [4.78, 5) is 0.0750. The molecule has 106 valence electrons. The molecular weight excluding hydrogens is 274 g/mol. The highest BCUT2D eigenvalue weighted by molar-refractivity contribution is 7.89. The fourth-order valence-corrected chi connectivity index (χ4v) is 2.59. The topological polar surface area (TPSA) is 98.2 Å². The van der Waals surface area contributed by atoms with Crippen molar-refractivity contribution >= 4 is 21.4 Å². The Morgan fingerprint density at radius 1 is 1.00 bits per heavy atom. The van der Waals surface area contributed by atoms with Crippen LogP contribution in [0.1, 0.15) is 5.56 Å². The first-order chi connectivity index (χ1) is 9.50. The molecule has 2 aromatic rings. The van der Waals surface area contributed by atoms with Crippen LogP contribution in [0.2, 0.25) is 0 Å². The fraction of sp³-hybridized carbons (Fsp3) is 0.143. The van der Waals surface area contributed by atoms with Gasteiger partial charge in [-0.05, 0) is 42.8 Å². The van der Waals surface area contributed by atoms with Crippen LogP contribution >= 0.6 is 0 Å². The van der Waals surface area contributed by atoms with Crippen LogP contribution in [0, 0.1) is 0 Å². The molecule has 5 nitrogen and oxygen atoms in total. The van der Waals surface area contributed by atoms with Gasteiger partial charge < -0.3 is 11.1 Å². The van der Waals surface area contributed by atoms with Crippen molar-refractivity contribution in [3.05, 3.63) is 54.1 Å². The molecule has 0 radical (unpaired) electrons. The third-order valence-corrected chi connectivity index (χ3v) is 3.83. The first-order valence-electron chi connectivity index (χ1n) is 6.18. The third kappa shape index (κ3) is 3.57. The summed E-state index contributed by atoms with van der Waals surface area (Å²) < 4.78 is 23.0. The summed E-state index contributed by atoms with van der Waals surface area (Å²) in [5.74, 6) is 0. The van der Waals surface area contributed by atoms with Crippen molar-refractivity contribution in [1.29, 1.82) is 0 Å². The van der Waals surface area contributed by atoms with Crippen LogP contribution in [0.3, 0.4) is 0 Å². The summed E-state index contributed by atoms with van der Waals surface area (Å²) in [7, 11) is -3.75. The predicted molar refractivity (Wildman–Crippen MR) is 80.3 cm³/mol. The number of rotatable bonds is 5. The molecule has 0 unspecified atom stereocenters. The number of para-hydroxylation sites is 1. The van der Waals surface area contributed by atoms with Crippen LogP contribution in [0.4, 0.5) is 11.4 Å². The maximum atomic E-state index is 11.5. The van der Waals surface area contributed by atoms with Gasteiger partial charge in [-0.1, -0.05) is 24.3 Å². The van der Waals surface area contributed by atoms with Crippen LogP contribution in [0.15, 0.2) is 53.4 Å². The minimum atomic E-state index is -3.75. The van der Waals surface area contributed by atoms with Gasteiger partial charge in [-0.3, -0.25) is 0 Å². The zero-order valence-electron chi connectivity index (χ0n) is 10.9. The zero-order valence-corrected chi connectivity index (χ0v) is 11.7. The third-order valence-electron chi connectivity index (χ3n) is 2.86. The van der Waals surface area contributed by atoms with Crippen molar-refractivity contribution in [2.24, 2.45) is 10.9 Å². The maximum absolute atomic E-state index is 11.5. The van der Waals surface area contributed by atoms with Crippen molar-refractivity contribution in [2.75, 3.05) is 11.9 Å². The maximum Gasteiger partial charge on any atom is 0.240 e. The molecule has 0 bridgehead atoms.